The van der Waals surface area contributed by atoms with Crippen LogP contribution in [0.4, 0.5) is 17.3 Å². The second-order valence-corrected chi connectivity index (χ2v) is 4.51. The highest BCUT2D eigenvalue weighted by molar-refractivity contribution is 6.33. The first-order chi connectivity index (χ1) is 9.67. The molecule has 2 heterocycles. The highest BCUT2D eigenvalue weighted by Gasteiger charge is 2.09. The molecule has 0 aliphatic heterocycles. The van der Waals surface area contributed by atoms with Crippen molar-refractivity contribution in [2.24, 2.45) is 0 Å². The summed E-state index contributed by atoms with van der Waals surface area (Å²) in [6, 6.07) is 6.99. The molecule has 1 aromatic carbocycles. The first-order valence-electron chi connectivity index (χ1n) is 5.73. The SMILES string of the molecule is N#Cc1ccc(Nc2nc(N)cn3ccnc23)c(Cl)c1. The maximum atomic E-state index is 8.82. The summed E-state index contributed by atoms with van der Waals surface area (Å²) >= 11 is 6.12. The van der Waals surface area contributed by atoms with Crippen molar-refractivity contribution in [2.45, 2.75) is 0 Å². The second-order valence-electron chi connectivity index (χ2n) is 4.10. The van der Waals surface area contributed by atoms with Gasteiger partial charge in [-0.2, -0.15) is 5.26 Å². The van der Waals surface area contributed by atoms with Crippen LogP contribution in [-0.4, -0.2) is 14.4 Å². The molecule has 98 valence electrons. The number of nitrogens with two attached hydrogens (primary N) is 1. The van der Waals surface area contributed by atoms with Crippen LogP contribution in [0.25, 0.3) is 5.65 Å². The van der Waals surface area contributed by atoms with E-state index in [9.17, 15) is 0 Å². The van der Waals surface area contributed by atoms with Gasteiger partial charge in [0.05, 0.1) is 28.5 Å². The fourth-order valence-corrected chi connectivity index (χ4v) is 2.08. The van der Waals surface area contributed by atoms with Gasteiger partial charge in [0, 0.05) is 12.4 Å². The van der Waals surface area contributed by atoms with Crippen LogP contribution in [0.5, 0.6) is 0 Å². The number of anilines is 3. The number of hydrogen-bond acceptors (Lipinski definition) is 5. The minimum Gasteiger partial charge on any atom is -0.382 e. The lowest BCUT2D eigenvalue weighted by Gasteiger charge is -2.09. The van der Waals surface area contributed by atoms with Crippen LogP contribution in [0.3, 0.4) is 0 Å². The van der Waals surface area contributed by atoms with Gasteiger partial charge in [0.15, 0.2) is 11.5 Å². The van der Waals surface area contributed by atoms with E-state index in [-0.39, 0.29) is 0 Å². The molecule has 2 aromatic heterocycles. The normalized spacial score (nSPS) is 10.4. The summed E-state index contributed by atoms with van der Waals surface area (Å²) in [5.41, 5.74) is 7.51. The summed E-state index contributed by atoms with van der Waals surface area (Å²) in [6.45, 7) is 0. The molecule has 3 N–H and O–H groups in total. The van der Waals surface area contributed by atoms with Crippen LogP contribution in [0, 0.1) is 11.3 Å². The largest absolute Gasteiger partial charge is 0.382 e. The van der Waals surface area contributed by atoms with Crippen LogP contribution in [0.15, 0.2) is 36.8 Å². The Morgan fingerprint density at radius 1 is 1.40 bits per heavy atom. The van der Waals surface area contributed by atoms with Gasteiger partial charge < -0.3 is 15.5 Å². The van der Waals surface area contributed by atoms with Gasteiger partial charge in [-0.15, -0.1) is 0 Å². The second kappa shape index (κ2) is 4.72. The van der Waals surface area contributed by atoms with E-state index in [0.717, 1.165) is 0 Å². The average Bonchev–Trinajstić information content (AvgIpc) is 2.89. The van der Waals surface area contributed by atoms with Gasteiger partial charge in [0.25, 0.3) is 0 Å². The van der Waals surface area contributed by atoms with E-state index in [2.05, 4.69) is 15.3 Å². The zero-order chi connectivity index (χ0) is 14.1. The van der Waals surface area contributed by atoms with Gasteiger partial charge in [0.1, 0.15) is 5.82 Å². The fraction of sp³-hybridized carbons (Fsp3) is 0. The summed E-state index contributed by atoms with van der Waals surface area (Å²) in [5, 5.41) is 12.3. The molecule has 7 heteroatoms. The summed E-state index contributed by atoms with van der Waals surface area (Å²) in [6.07, 6.45) is 5.11. The van der Waals surface area contributed by atoms with Crippen molar-refractivity contribution in [1.29, 1.82) is 5.26 Å². The number of fused-ring (bicyclic) bond motifs is 1. The van der Waals surface area contributed by atoms with Gasteiger partial charge in [-0.3, -0.25) is 0 Å². The lowest BCUT2D eigenvalue weighted by Crippen LogP contribution is -2.02. The first kappa shape index (κ1) is 12.3. The van der Waals surface area contributed by atoms with Crippen molar-refractivity contribution in [2.75, 3.05) is 11.1 Å². The number of hydrogen-bond donors (Lipinski definition) is 2. The topological polar surface area (TPSA) is 92.0 Å². The smallest absolute Gasteiger partial charge is 0.180 e. The Morgan fingerprint density at radius 2 is 2.25 bits per heavy atom. The van der Waals surface area contributed by atoms with Crippen molar-refractivity contribution in [3.05, 3.63) is 47.4 Å². The molecule has 6 nitrogen and oxygen atoms in total. The highest BCUT2D eigenvalue weighted by Crippen LogP contribution is 2.27. The molecule has 0 amide bonds. The molecule has 0 saturated heterocycles. The minimum atomic E-state index is 0.364. The molecular formula is C13H9ClN6. The Morgan fingerprint density at radius 3 is 3.00 bits per heavy atom. The van der Waals surface area contributed by atoms with Crippen LogP contribution in [0.2, 0.25) is 5.02 Å². The van der Waals surface area contributed by atoms with E-state index in [0.29, 0.717) is 33.6 Å². The third-order valence-corrected chi connectivity index (χ3v) is 3.06. The molecule has 0 fully saturated rings. The predicted molar refractivity (Wildman–Crippen MR) is 76.8 cm³/mol. The van der Waals surface area contributed by atoms with Crippen LogP contribution in [0.1, 0.15) is 5.56 Å². The molecule has 0 bridgehead atoms. The molecule has 20 heavy (non-hydrogen) atoms. The standard InChI is InChI=1S/C13H9ClN6/c14-9-5-8(6-15)1-2-10(9)18-12-13-17-3-4-20(13)7-11(16)19-12/h1-5,7H,16H2,(H,18,19). The summed E-state index contributed by atoms with van der Waals surface area (Å²) in [7, 11) is 0. The number of nitrogen functional groups attached to an aromatic ring is 1. The van der Waals surface area contributed by atoms with Crippen LogP contribution in [-0.2, 0) is 0 Å². The Labute approximate surface area is 119 Å². The van der Waals surface area contributed by atoms with Crippen molar-refractivity contribution in [3.8, 4) is 6.07 Å². The number of benzene rings is 1. The van der Waals surface area contributed by atoms with Gasteiger partial charge in [0.2, 0.25) is 0 Å². The van der Waals surface area contributed by atoms with E-state index in [1.807, 2.05) is 6.07 Å². The van der Waals surface area contributed by atoms with Crippen LogP contribution >= 0.6 is 11.6 Å². The van der Waals surface area contributed by atoms with E-state index in [1.165, 1.54) is 0 Å². The Balaban J connectivity index is 2.05. The summed E-state index contributed by atoms with van der Waals surface area (Å²) < 4.78 is 1.77. The van der Waals surface area contributed by atoms with Gasteiger partial charge in [-0.05, 0) is 18.2 Å². The quantitative estimate of drug-likeness (QED) is 0.754. The molecule has 0 aliphatic rings. The predicted octanol–water partition coefficient (Wildman–Crippen LogP) is 2.58. The zero-order valence-electron chi connectivity index (χ0n) is 10.2. The Hall–Kier alpha value is -2.78. The maximum Gasteiger partial charge on any atom is 0.180 e. The number of nitrogens with zero attached hydrogens (tertiary/aromatic N) is 4. The lowest BCUT2D eigenvalue weighted by atomic mass is 10.2. The van der Waals surface area contributed by atoms with Gasteiger partial charge in [-0.25, -0.2) is 9.97 Å². The number of rotatable bonds is 2. The number of aromatic nitrogens is 3. The zero-order valence-corrected chi connectivity index (χ0v) is 11.0. The maximum absolute atomic E-state index is 8.82. The van der Waals surface area contributed by atoms with Crippen molar-refractivity contribution < 1.29 is 0 Å². The van der Waals surface area contributed by atoms with Gasteiger partial charge >= 0.3 is 0 Å². The lowest BCUT2D eigenvalue weighted by molar-refractivity contribution is 1.14. The van der Waals surface area contributed by atoms with E-state index >= 15 is 0 Å². The van der Waals surface area contributed by atoms with Crippen LogP contribution < -0.4 is 11.1 Å². The third-order valence-electron chi connectivity index (χ3n) is 2.74. The summed E-state index contributed by atoms with van der Waals surface area (Å²) in [4.78, 5) is 8.42. The molecule has 0 atom stereocenters. The van der Waals surface area contributed by atoms with Gasteiger partial charge in [-0.1, -0.05) is 11.6 Å². The minimum absolute atomic E-state index is 0.364. The molecule has 0 aliphatic carbocycles. The summed E-state index contributed by atoms with van der Waals surface area (Å²) in [5.74, 6) is 0.865. The van der Waals surface area contributed by atoms with E-state index < -0.39 is 0 Å². The molecule has 0 radical (unpaired) electrons. The molecule has 0 spiro atoms. The number of nitrogens with one attached hydrogen (secondary N) is 1. The average molecular weight is 285 g/mol. The molecule has 3 aromatic rings. The fourth-order valence-electron chi connectivity index (χ4n) is 1.85. The third kappa shape index (κ3) is 2.11. The van der Waals surface area contributed by atoms with Crippen molar-refractivity contribution >= 4 is 34.6 Å². The number of imidazole rings is 1. The van der Waals surface area contributed by atoms with Crippen molar-refractivity contribution in [1.82, 2.24) is 14.4 Å². The first-order valence-corrected chi connectivity index (χ1v) is 6.11. The van der Waals surface area contributed by atoms with Crippen molar-refractivity contribution in [3.63, 3.8) is 0 Å². The number of nitriles is 1. The molecule has 3 rings (SSSR count). The van der Waals surface area contributed by atoms with E-state index in [4.69, 9.17) is 22.6 Å². The molecule has 0 unspecified atom stereocenters. The molecule has 0 saturated carbocycles. The number of halogens is 1. The van der Waals surface area contributed by atoms with E-state index in [1.54, 1.807) is 41.2 Å². The Kier molecular flexibility index (Phi) is 2.89. The Bertz CT molecular complexity index is 832. The highest BCUT2D eigenvalue weighted by atomic mass is 35.5. The monoisotopic (exact) mass is 284 g/mol. The molecular weight excluding hydrogens is 276 g/mol.